The quantitative estimate of drug-likeness (QED) is 0.493. The molecule has 0 spiro atoms. The van der Waals surface area contributed by atoms with Gasteiger partial charge in [-0.15, -0.1) is 0 Å². The van der Waals surface area contributed by atoms with Crippen molar-refractivity contribution in [3.05, 3.63) is 29.8 Å². The molecule has 5 nitrogen and oxygen atoms in total. The van der Waals surface area contributed by atoms with Crippen molar-refractivity contribution in [2.45, 2.75) is 19.3 Å². The van der Waals surface area contributed by atoms with E-state index in [4.69, 9.17) is 20.3 Å². The van der Waals surface area contributed by atoms with E-state index in [0.717, 1.165) is 17.7 Å². The van der Waals surface area contributed by atoms with Crippen LogP contribution in [0.15, 0.2) is 24.3 Å². The molecule has 0 unspecified atom stereocenters. The van der Waals surface area contributed by atoms with Crippen LogP contribution >= 0.6 is 7.60 Å². The Morgan fingerprint density at radius 3 is 2.61 bits per heavy atom. The summed E-state index contributed by atoms with van der Waals surface area (Å²) in [5, 5.41) is 0. The minimum atomic E-state index is -3.87. The lowest BCUT2D eigenvalue weighted by Gasteiger charge is -2.10. The van der Waals surface area contributed by atoms with E-state index in [1.54, 1.807) is 0 Å². The molecular weight excluding hydrogens is 253 g/mol. The smallest absolute Gasteiger partial charge is 0.325 e. The molecule has 1 aromatic carbocycles. The van der Waals surface area contributed by atoms with Gasteiger partial charge in [0, 0.05) is 6.16 Å². The summed E-state index contributed by atoms with van der Waals surface area (Å²) in [7, 11) is -3.87. The molecule has 0 aromatic heterocycles. The molecule has 102 valence electrons. The number of unbranched alkanes of at least 4 members (excludes halogenated alkanes) is 1. The van der Waals surface area contributed by atoms with Crippen LogP contribution in [-0.2, 0) is 11.0 Å². The standard InChI is InChI=1S/C12H20NO4P/c13-8-7-11-5-1-2-6-12(11)17-9-3-4-10-18(14,15)16/h1-2,5-6H,3-4,7-10,13H2,(H2,14,15,16). The number of nitrogens with two attached hydrogens (primary N) is 1. The maximum atomic E-state index is 10.6. The summed E-state index contributed by atoms with van der Waals surface area (Å²) in [6, 6.07) is 7.68. The minimum Gasteiger partial charge on any atom is -0.493 e. The summed E-state index contributed by atoms with van der Waals surface area (Å²) in [5.41, 5.74) is 6.58. The highest BCUT2D eigenvalue weighted by Crippen LogP contribution is 2.35. The van der Waals surface area contributed by atoms with Gasteiger partial charge in [-0.05, 0) is 37.4 Å². The second-order valence-electron chi connectivity index (χ2n) is 4.09. The van der Waals surface area contributed by atoms with Gasteiger partial charge in [-0.3, -0.25) is 4.57 Å². The summed E-state index contributed by atoms with van der Waals surface area (Å²) in [6.45, 7) is 1.03. The first-order chi connectivity index (χ1) is 8.53. The molecule has 1 rings (SSSR count). The van der Waals surface area contributed by atoms with Gasteiger partial charge in [-0.2, -0.15) is 0 Å². The average Bonchev–Trinajstić information content (AvgIpc) is 2.29. The van der Waals surface area contributed by atoms with Gasteiger partial charge in [0.15, 0.2) is 0 Å². The second-order valence-corrected chi connectivity index (χ2v) is 5.87. The predicted octanol–water partition coefficient (Wildman–Crippen LogP) is 1.52. The molecule has 0 bridgehead atoms. The van der Waals surface area contributed by atoms with E-state index < -0.39 is 7.60 Å². The van der Waals surface area contributed by atoms with Crippen molar-refractivity contribution >= 4 is 7.60 Å². The van der Waals surface area contributed by atoms with E-state index in [2.05, 4.69) is 0 Å². The number of ether oxygens (including phenoxy) is 1. The highest BCUT2D eigenvalue weighted by Gasteiger charge is 2.11. The van der Waals surface area contributed by atoms with Crippen LogP contribution < -0.4 is 10.5 Å². The van der Waals surface area contributed by atoms with Crippen molar-refractivity contribution in [1.82, 2.24) is 0 Å². The topological polar surface area (TPSA) is 92.8 Å². The molecule has 0 saturated carbocycles. The van der Waals surface area contributed by atoms with Crippen molar-refractivity contribution < 1.29 is 19.1 Å². The molecule has 0 atom stereocenters. The van der Waals surface area contributed by atoms with E-state index in [1.165, 1.54) is 0 Å². The van der Waals surface area contributed by atoms with Gasteiger partial charge in [-0.1, -0.05) is 18.2 Å². The SMILES string of the molecule is NCCc1ccccc1OCCCCP(=O)(O)O. The van der Waals surface area contributed by atoms with Crippen LogP contribution in [-0.4, -0.2) is 29.1 Å². The molecule has 0 aliphatic carbocycles. The van der Waals surface area contributed by atoms with Crippen LogP contribution in [0, 0.1) is 0 Å². The maximum absolute atomic E-state index is 10.6. The van der Waals surface area contributed by atoms with Crippen molar-refractivity contribution in [2.24, 2.45) is 5.73 Å². The fourth-order valence-electron chi connectivity index (χ4n) is 1.61. The zero-order valence-electron chi connectivity index (χ0n) is 10.3. The Labute approximate surface area is 107 Å². The summed E-state index contributed by atoms with van der Waals surface area (Å²) < 4.78 is 16.2. The number of hydrogen-bond acceptors (Lipinski definition) is 3. The third-order valence-corrected chi connectivity index (χ3v) is 3.39. The van der Waals surface area contributed by atoms with E-state index in [9.17, 15) is 4.57 Å². The lowest BCUT2D eigenvalue weighted by Crippen LogP contribution is -2.06. The summed E-state index contributed by atoms with van der Waals surface area (Å²) >= 11 is 0. The molecule has 0 amide bonds. The molecule has 6 heteroatoms. The zero-order chi connectivity index (χ0) is 13.4. The van der Waals surface area contributed by atoms with Crippen molar-refractivity contribution in [2.75, 3.05) is 19.3 Å². The Kier molecular flexibility index (Phi) is 6.36. The maximum Gasteiger partial charge on any atom is 0.325 e. The van der Waals surface area contributed by atoms with Crippen molar-refractivity contribution in [3.8, 4) is 5.75 Å². The minimum absolute atomic E-state index is 0.0825. The van der Waals surface area contributed by atoms with E-state index in [1.807, 2.05) is 24.3 Å². The van der Waals surface area contributed by atoms with E-state index >= 15 is 0 Å². The monoisotopic (exact) mass is 273 g/mol. The normalized spacial score (nSPS) is 11.5. The first-order valence-corrected chi connectivity index (χ1v) is 7.78. The van der Waals surface area contributed by atoms with E-state index in [-0.39, 0.29) is 6.16 Å². The average molecular weight is 273 g/mol. The van der Waals surface area contributed by atoms with Gasteiger partial charge in [0.05, 0.1) is 6.61 Å². The van der Waals surface area contributed by atoms with E-state index in [0.29, 0.717) is 26.0 Å². The molecule has 0 fully saturated rings. The van der Waals surface area contributed by atoms with Crippen LogP contribution in [0.4, 0.5) is 0 Å². The molecule has 0 radical (unpaired) electrons. The fourth-order valence-corrected chi connectivity index (χ4v) is 2.24. The van der Waals surface area contributed by atoms with Gasteiger partial charge < -0.3 is 20.3 Å². The number of rotatable bonds is 8. The summed E-state index contributed by atoms with van der Waals surface area (Å²) in [4.78, 5) is 17.4. The van der Waals surface area contributed by atoms with Crippen molar-refractivity contribution in [1.29, 1.82) is 0 Å². The van der Waals surface area contributed by atoms with Crippen LogP contribution in [0.2, 0.25) is 0 Å². The summed E-state index contributed by atoms with van der Waals surface area (Å²) in [5.74, 6) is 0.805. The molecule has 0 aliphatic heterocycles. The Morgan fingerprint density at radius 2 is 1.94 bits per heavy atom. The highest BCUT2D eigenvalue weighted by molar-refractivity contribution is 7.51. The Balaban J connectivity index is 2.33. The third-order valence-electron chi connectivity index (χ3n) is 2.49. The first kappa shape index (κ1) is 15.2. The van der Waals surface area contributed by atoms with Crippen LogP contribution in [0.5, 0.6) is 5.75 Å². The summed E-state index contributed by atoms with van der Waals surface area (Å²) in [6.07, 6.45) is 1.77. The van der Waals surface area contributed by atoms with Crippen LogP contribution in [0.1, 0.15) is 18.4 Å². The highest BCUT2D eigenvalue weighted by atomic mass is 31.2. The van der Waals surface area contributed by atoms with Crippen LogP contribution in [0.25, 0.3) is 0 Å². The molecule has 4 N–H and O–H groups in total. The lowest BCUT2D eigenvalue weighted by molar-refractivity contribution is 0.304. The first-order valence-electron chi connectivity index (χ1n) is 5.98. The lowest BCUT2D eigenvalue weighted by atomic mass is 10.1. The number of para-hydroxylation sites is 1. The molecule has 0 heterocycles. The fraction of sp³-hybridized carbons (Fsp3) is 0.500. The van der Waals surface area contributed by atoms with Crippen LogP contribution in [0.3, 0.4) is 0 Å². The number of benzene rings is 1. The van der Waals surface area contributed by atoms with Gasteiger partial charge >= 0.3 is 7.60 Å². The Morgan fingerprint density at radius 1 is 1.22 bits per heavy atom. The molecule has 18 heavy (non-hydrogen) atoms. The van der Waals surface area contributed by atoms with Gasteiger partial charge in [-0.25, -0.2) is 0 Å². The predicted molar refractivity (Wildman–Crippen MR) is 70.8 cm³/mol. The molecule has 0 aliphatic rings. The molecule has 1 aromatic rings. The Hall–Kier alpha value is -0.870. The van der Waals surface area contributed by atoms with Crippen molar-refractivity contribution in [3.63, 3.8) is 0 Å². The second kappa shape index (κ2) is 7.54. The molecule has 0 saturated heterocycles. The largest absolute Gasteiger partial charge is 0.493 e. The Bertz CT molecular complexity index is 405. The molecular formula is C12H20NO4P. The number of hydrogen-bond donors (Lipinski definition) is 3. The van der Waals surface area contributed by atoms with Gasteiger partial charge in [0.2, 0.25) is 0 Å². The van der Waals surface area contributed by atoms with Gasteiger partial charge in [0.1, 0.15) is 5.75 Å². The zero-order valence-corrected chi connectivity index (χ0v) is 11.2. The van der Waals surface area contributed by atoms with Gasteiger partial charge in [0.25, 0.3) is 0 Å². The third kappa shape index (κ3) is 6.17.